The number of methoxy groups -OCH3 is 1. The molecule has 5 nitrogen and oxygen atoms in total. The number of nitro benzene ring substituents is 1. The molecule has 0 amide bonds. The summed E-state index contributed by atoms with van der Waals surface area (Å²) in [6.45, 7) is 1.86. The predicted molar refractivity (Wildman–Crippen MR) is 66.2 cm³/mol. The van der Waals surface area contributed by atoms with Crippen molar-refractivity contribution in [2.45, 2.75) is 19.4 Å². The van der Waals surface area contributed by atoms with Crippen LogP contribution in [0.2, 0.25) is 0 Å². The molecule has 0 spiro atoms. The van der Waals surface area contributed by atoms with E-state index in [0.29, 0.717) is 12.1 Å². The van der Waals surface area contributed by atoms with Crippen molar-refractivity contribution >= 4 is 11.4 Å². The van der Waals surface area contributed by atoms with Crippen LogP contribution >= 0.6 is 0 Å². The molecule has 1 N–H and O–H groups in total. The van der Waals surface area contributed by atoms with E-state index in [4.69, 9.17) is 11.2 Å². The van der Waals surface area contributed by atoms with Crippen LogP contribution in [-0.4, -0.2) is 18.1 Å². The molecule has 1 atom stereocenters. The summed E-state index contributed by atoms with van der Waals surface area (Å²) in [6.07, 6.45) is 5.68. The summed E-state index contributed by atoms with van der Waals surface area (Å²) in [5.74, 6) is 2.73. The van der Waals surface area contributed by atoms with E-state index < -0.39 is 4.92 Å². The van der Waals surface area contributed by atoms with Crippen molar-refractivity contribution in [3.63, 3.8) is 0 Å². The molecule has 0 aromatic heterocycles. The van der Waals surface area contributed by atoms with Gasteiger partial charge in [0.25, 0.3) is 0 Å². The summed E-state index contributed by atoms with van der Waals surface area (Å²) in [5, 5.41) is 14.0. The number of nitrogens with one attached hydrogen (secondary N) is 1. The highest BCUT2D eigenvalue weighted by Gasteiger charge is 2.21. The lowest BCUT2D eigenvalue weighted by molar-refractivity contribution is -0.384. The Labute approximate surface area is 99.9 Å². The van der Waals surface area contributed by atoms with Crippen LogP contribution in [0.15, 0.2) is 18.2 Å². The van der Waals surface area contributed by atoms with Crippen molar-refractivity contribution in [2.75, 3.05) is 12.4 Å². The zero-order valence-electron chi connectivity index (χ0n) is 9.77. The van der Waals surface area contributed by atoms with Gasteiger partial charge in [-0.1, -0.05) is 6.07 Å². The molecule has 17 heavy (non-hydrogen) atoms. The fourth-order valence-corrected chi connectivity index (χ4v) is 1.49. The largest absolute Gasteiger partial charge is 0.490 e. The molecule has 1 unspecified atom stereocenters. The van der Waals surface area contributed by atoms with Gasteiger partial charge in [-0.05, 0) is 19.1 Å². The van der Waals surface area contributed by atoms with Crippen LogP contribution in [0.1, 0.15) is 13.3 Å². The van der Waals surface area contributed by atoms with Crippen molar-refractivity contribution in [3.8, 4) is 18.1 Å². The van der Waals surface area contributed by atoms with E-state index in [1.165, 1.54) is 7.11 Å². The van der Waals surface area contributed by atoms with Crippen LogP contribution in [0.5, 0.6) is 5.75 Å². The molecule has 0 saturated carbocycles. The molecule has 0 aliphatic carbocycles. The Kier molecular flexibility index (Phi) is 4.35. The molecule has 0 fully saturated rings. The van der Waals surface area contributed by atoms with E-state index in [1.54, 1.807) is 18.2 Å². The number of hydrogen-bond donors (Lipinski definition) is 1. The fraction of sp³-hybridized carbons (Fsp3) is 0.333. The number of terminal acetylenes is 1. The highest BCUT2D eigenvalue weighted by atomic mass is 16.6. The lowest BCUT2D eigenvalue weighted by Crippen LogP contribution is -2.15. The Morgan fingerprint density at radius 3 is 2.88 bits per heavy atom. The molecule has 1 aromatic carbocycles. The second-order valence-electron chi connectivity index (χ2n) is 3.57. The third kappa shape index (κ3) is 3.11. The van der Waals surface area contributed by atoms with Gasteiger partial charge < -0.3 is 10.1 Å². The third-order valence-electron chi connectivity index (χ3n) is 2.23. The van der Waals surface area contributed by atoms with Gasteiger partial charge in [0.1, 0.15) is 5.69 Å². The Morgan fingerprint density at radius 1 is 1.65 bits per heavy atom. The maximum atomic E-state index is 11.0. The molecule has 1 aromatic rings. The Morgan fingerprint density at radius 2 is 2.35 bits per heavy atom. The molecule has 5 heteroatoms. The maximum Gasteiger partial charge on any atom is 0.333 e. The van der Waals surface area contributed by atoms with Gasteiger partial charge in [-0.15, -0.1) is 12.3 Å². The minimum Gasteiger partial charge on any atom is -0.490 e. The van der Waals surface area contributed by atoms with Gasteiger partial charge in [-0.2, -0.15) is 0 Å². The Balaban J connectivity index is 3.07. The third-order valence-corrected chi connectivity index (χ3v) is 2.23. The van der Waals surface area contributed by atoms with Crippen LogP contribution < -0.4 is 10.1 Å². The molecule has 0 aliphatic rings. The van der Waals surface area contributed by atoms with Crippen LogP contribution in [0.25, 0.3) is 0 Å². The zero-order valence-corrected chi connectivity index (χ0v) is 9.77. The van der Waals surface area contributed by atoms with Crippen molar-refractivity contribution in [2.24, 2.45) is 0 Å². The van der Waals surface area contributed by atoms with Crippen molar-refractivity contribution < 1.29 is 9.66 Å². The fourth-order valence-electron chi connectivity index (χ4n) is 1.49. The van der Waals surface area contributed by atoms with E-state index in [2.05, 4.69) is 11.2 Å². The molecular weight excluding hydrogens is 220 g/mol. The number of hydrogen-bond acceptors (Lipinski definition) is 4. The Bertz CT molecular complexity index is 452. The molecule has 0 heterocycles. The quantitative estimate of drug-likeness (QED) is 0.482. The standard InChI is InChI=1S/C12H14N2O3/c1-4-6-9(2)13-10-7-5-8-11(17-3)12(10)14(15)16/h1,5,7-9,13H,6H2,2-3H3. The molecule has 90 valence electrons. The summed E-state index contributed by atoms with van der Waals surface area (Å²) in [5.41, 5.74) is 0.343. The number of rotatable bonds is 5. The number of benzene rings is 1. The number of nitro groups is 1. The molecule has 1 rings (SSSR count). The summed E-state index contributed by atoms with van der Waals surface area (Å²) in [6, 6.07) is 4.84. The smallest absolute Gasteiger partial charge is 0.333 e. The van der Waals surface area contributed by atoms with E-state index in [1.807, 2.05) is 6.92 Å². The number of ether oxygens (including phenoxy) is 1. The van der Waals surface area contributed by atoms with Crippen LogP contribution in [0.4, 0.5) is 11.4 Å². The first-order chi connectivity index (χ1) is 8.10. The summed E-state index contributed by atoms with van der Waals surface area (Å²) < 4.78 is 4.97. The molecular formula is C12H14N2O3. The van der Waals surface area contributed by atoms with E-state index in [-0.39, 0.29) is 17.5 Å². The average Bonchev–Trinajstić information content (AvgIpc) is 2.28. The van der Waals surface area contributed by atoms with Gasteiger partial charge >= 0.3 is 5.69 Å². The van der Waals surface area contributed by atoms with Gasteiger partial charge in [0.05, 0.1) is 12.0 Å². The SMILES string of the molecule is C#CCC(C)Nc1cccc(OC)c1[N+](=O)[O-]. The second kappa shape index (κ2) is 5.75. The van der Waals surface area contributed by atoms with Crippen molar-refractivity contribution in [1.82, 2.24) is 0 Å². The minimum atomic E-state index is -0.468. The average molecular weight is 234 g/mol. The van der Waals surface area contributed by atoms with E-state index in [9.17, 15) is 10.1 Å². The van der Waals surface area contributed by atoms with Gasteiger partial charge in [-0.3, -0.25) is 10.1 Å². The van der Waals surface area contributed by atoms with E-state index in [0.717, 1.165) is 0 Å². The summed E-state index contributed by atoms with van der Waals surface area (Å²) in [7, 11) is 1.40. The van der Waals surface area contributed by atoms with Gasteiger partial charge in [0, 0.05) is 12.5 Å². The molecule has 0 radical (unpaired) electrons. The first kappa shape index (κ1) is 12.8. The molecule has 0 bridgehead atoms. The highest BCUT2D eigenvalue weighted by molar-refractivity contribution is 5.68. The second-order valence-corrected chi connectivity index (χ2v) is 3.57. The lowest BCUT2D eigenvalue weighted by Gasteiger charge is -2.13. The van der Waals surface area contributed by atoms with Gasteiger partial charge in [-0.25, -0.2) is 0 Å². The van der Waals surface area contributed by atoms with E-state index >= 15 is 0 Å². The van der Waals surface area contributed by atoms with Gasteiger partial charge in [0.15, 0.2) is 5.75 Å². The van der Waals surface area contributed by atoms with Crippen molar-refractivity contribution in [1.29, 1.82) is 0 Å². The first-order valence-electron chi connectivity index (χ1n) is 5.11. The zero-order chi connectivity index (χ0) is 12.8. The highest BCUT2D eigenvalue weighted by Crippen LogP contribution is 2.34. The number of para-hydroxylation sites is 1. The normalized spacial score (nSPS) is 11.4. The number of nitrogens with zero attached hydrogens (tertiary/aromatic N) is 1. The van der Waals surface area contributed by atoms with Crippen LogP contribution in [0, 0.1) is 22.5 Å². The topological polar surface area (TPSA) is 64.4 Å². The summed E-state index contributed by atoms with van der Waals surface area (Å²) >= 11 is 0. The Hall–Kier alpha value is -2.22. The lowest BCUT2D eigenvalue weighted by atomic mass is 10.2. The number of anilines is 1. The monoisotopic (exact) mass is 234 g/mol. The predicted octanol–water partition coefficient (Wildman–Crippen LogP) is 2.43. The van der Waals surface area contributed by atoms with Crippen molar-refractivity contribution in [3.05, 3.63) is 28.3 Å². The van der Waals surface area contributed by atoms with Crippen LogP contribution in [0.3, 0.4) is 0 Å². The molecule has 0 aliphatic heterocycles. The first-order valence-corrected chi connectivity index (χ1v) is 5.11. The summed E-state index contributed by atoms with van der Waals surface area (Å²) in [4.78, 5) is 10.5. The molecule has 0 saturated heterocycles. The minimum absolute atomic E-state index is 0.0363. The maximum absolute atomic E-state index is 11.0. The van der Waals surface area contributed by atoms with Gasteiger partial charge in [0.2, 0.25) is 0 Å². The van der Waals surface area contributed by atoms with Crippen LogP contribution in [-0.2, 0) is 0 Å².